The van der Waals surface area contributed by atoms with Crippen LogP contribution in [0.15, 0.2) is 35.9 Å². The van der Waals surface area contributed by atoms with Crippen LogP contribution in [0.25, 0.3) is 0 Å². The lowest BCUT2D eigenvalue weighted by Crippen LogP contribution is -2.35. The quantitative estimate of drug-likeness (QED) is 0.740. The number of nitrogens with one attached hydrogen (secondary N) is 1. The summed E-state index contributed by atoms with van der Waals surface area (Å²) in [6, 6.07) is 9.10. The topological polar surface area (TPSA) is 35.5 Å². The van der Waals surface area contributed by atoms with Crippen molar-refractivity contribution in [2.24, 2.45) is 0 Å². The number of para-hydroxylation sites is 1. The molecule has 0 aliphatic carbocycles. The fourth-order valence-electron chi connectivity index (χ4n) is 3.08. The second-order valence-electron chi connectivity index (χ2n) is 7.07. The van der Waals surface area contributed by atoms with Crippen LogP contribution in [-0.4, -0.2) is 35.2 Å². The minimum Gasteiger partial charge on any atom is -0.393 e. The number of hydrogen-bond acceptors (Lipinski definition) is 3. The van der Waals surface area contributed by atoms with Crippen LogP contribution in [0.3, 0.4) is 0 Å². The fourth-order valence-corrected chi connectivity index (χ4v) is 3.08. The Hall–Kier alpha value is -1.32. The van der Waals surface area contributed by atoms with Crippen LogP contribution in [0.2, 0.25) is 0 Å². The first-order valence-electron chi connectivity index (χ1n) is 8.93. The third-order valence-electron chi connectivity index (χ3n) is 4.52. The second-order valence-corrected chi connectivity index (χ2v) is 7.07. The van der Waals surface area contributed by atoms with E-state index in [4.69, 9.17) is 0 Å². The van der Waals surface area contributed by atoms with Gasteiger partial charge in [0.25, 0.3) is 0 Å². The zero-order valence-corrected chi connectivity index (χ0v) is 14.9. The van der Waals surface area contributed by atoms with Gasteiger partial charge in [0, 0.05) is 31.4 Å². The van der Waals surface area contributed by atoms with Crippen molar-refractivity contribution in [3.05, 3.63) is 41.5 Å². The molecule has 0 saturated carbocycles. The Kier molecular flexibility index (Phi) is 7.13. The van der Waals surface area contributed by atoms with Gasteiger partial charge in [-0.15, -0.1) is 0 Å². The van der Waals surface area contributed by atoms with Gasteiger partial charge in [0.05, 0.1) is 6.10 Å². The highest BCUT2D eigenvalue weighted by atomic mass is 16.3. The van der Waals surface area contributed by atoms with Gasteiger partial charge in [-0.05, 0) is 58.1 Å². The van der Waals surface area contributed by atoms with E-state index >= 15 is 0 Å². The number of aliphatic hydroxyl groups is 1. The molecule has 1 heterocycles. The average molecular weight is 316 g/mol. The number of rotatable bonds is 7. The molecule has 3 nitrogen and oxygen atoms in total. The molecule has 2 N–H and O–H groups in total. The summed E-state index contributed by atoms with van der Waals surface area (Å²) in [5, 5.41) is 13.3. The highest BCUT2D eigenvalue weighted by Gasteiger charge is 2.18. The van der Waals surface area contributed by atoms with Crippen LogP contribution in [-0.2, 0) is 6.54 Å². The van der Waals surface area contributed by atoms with Crippen molar-refractivity contribution in [3.63, 3.8) is 0 Å². The third-order valence-corrected chi connectivity index (χ3v) is 4.52. The maximum Gasteiger partial charge on any atom is 0.0564 e. The van der Waals surface area contributed by atoms with Crippen molar-refractivity contribution in [1.29, 1.82) is 0 Å². The Morgan fingerprint density at radius 2 is 2.00 bits per heavy atom. The highest BCUT2D eigenvalue weighted by Crippen LogP contribution is 2.21. The molecule has 1 unspecified atom stereocenters. The lowest BCUT2D eigenvalue weighted by atomic mass is 10.1. The number of piperidine rings is 1. The minimum absolute atomic E-state index is 0.102. The Bertz CT molecular complexity index is 500. The summed E-state index contributed by atoms with van der Waals surface area (Å²) in [7, 11) is 0. The predicted octanol–water partition coefficient (Wildman–Crippen LogP) is 4.19. The van der Waals surface area contributed by atoms with Crippen LogP contribution in [0.4, 0.5) is 5.69 Å². The average Bonchev–Trinajstić information content (AvgIpc) is 2.51. The molecule has 3 heteroatoms. The number of aliphatic hydroxyl groups excluding tert-OH is 1. The summed E-state index contributed by atoms with van der Waals surface area (Å²) in [6.07, 6.45) is 6.28. The van der Waals surface area contributed by atoms with Gasteiger partial charge in [-0.1, -0.05) is 29.8 Å². The van der Waals surface area contributed by atoms with E-state index in [1.54, 1.807) is 0 Å². The Balaban J connectivity index is 1.90. The number of likely N-dealkylation sites (tertiary alicyclic amines) is 1. The second kappa shape index (κ2) is 9.09. The van der Waals surface area contributed by atoms with Crippen molar-refractivity contribution < 1.29 is 5.11 Å². The molecule has 1 aromatic carbocycles. The SMILES string of the molecule is CC(C)=CCCC(C)Nc1ccccc1CN1CCC(O)CC1. The van der Waals surface area contributed by atoms with Gasteiger partial charge in [0.1, 0.15) is 0 Å². The summed E-state index contributed by atoms with van der Waals surface area (Å²) < 4.78 is 0. The van der Waals surface area contributed by atoms with Crippen LogP contribution in [0.1, 0.15) is 52.0 Å². The molecular weight excluding hydrogens is 284 g/mol. The molecule has 0 spiro atoms. The standard InChI is InChI=1S/C20H32N2O/c1-16(2)7-6-8-17(3)21-20-10-5-4-9-18(20)15-22-13-11-19(23)12-14-22/h4-5,7,9-10,17,19,21,23H,6,8,11-15H2,1-3H3. The lowest BCUT2D eigenvalue weighted by Gasteiger charge is -2.30. The van der Waals surface area contributed by atoms with E-state index in [0.717, 1.165) is 45.3 Å². The first kappa shape index (κ1) is 18.0. The van der Waals surface area contributed by atoms with Gasteiger partial charge < -0.3 is 10.4 Å². The van der Waals surface area contributed by atoms with E-state index in [1.807, 2.05) is 0 Å². The first-order chi connectivity index (χ1) is 11.0. The largest absolute Gasteiger partial charge is 0.393 e. The third kappa shape index (κ3) is 6.36. The van der Waals surface area contributed by atoms with E-state index in [-0.39, 0.29) is 6.10 Å². The molecular formula is C20H32N2O. The summed E-state index contributed by atoms with van der Waals surface area (Å²) >= 11 is 0. The first-order valence-corrected chi connectivity index (χ1v) is 8.93. The van der Waals surface area contributed by atoms with Crippen molar-refractivity contribution in [2.45, 2.75) is 65.1 Å². The lowest BCUT2D eigenvalue weighted by molar-refractivity contribution is 0.0793. The van der Waals surface area contributed by atoms with Crippen LogP contribution >= 0.6 is 0 Å². The minimum atomic E-state index is -0.102. The molecule has 128 valence electrons. The van der Waals surface area contributed by atoms with E-state index in [0.29, 0.717) is 6.04 Å². The maximum absolute atomic E-state index is 9.64. The molecule has 23 heavy (non-hydrogen) atoms. The van der Waals surface area contributed by atoms with Gasteiger partial charge >= 0.3 is 0 Å². The number of anilines is 1. The highest BCUT2D eigenvalue weighted by molar-refractivity contribution is 5.51. The predicted molar refractivity (Wildman–Crippen MR) is 98.7 cm³/mol. The molecule has 1 aliphatic heterocycles. The van der Waals surface area contributed by atoms with Crippen LogP contribution < -0.4 is 5.32 Å². The van der Waals surface area contributed by atoms with Gasteiger partial charge in [-0.25, -0.2) is 0 Å². The van der Waals surface area contributed by atoms with Crippen molar-refractivity contribution >= 4 is 5.69 Å². The molecule has 0 aromatic heterocycles. The smallest absolute Gasteiger partial charge is 0.0564 e. The van der Waals surface area contributed by atoms with Crippen molar-refractivity contribution in [3.8, 4) is 0 Å². The number of allylic oxidation sites excluding steroid dienone is 2. The molecule has 2 rings (SSSR count). The molecule has 1 aromatic rings. The molecule has 1 aliphatic rings. The van der Waals surface area contributed by atoms with Gasteiger partial charge in [-0.2, -0.15) is 0 Å². The summed E-state index contributed by atoms with van der Waals surface area (Å²) in [4.78, 5) is 2.45. The molecule has 1 saturated heterocycles. The van der Waals surface area contributed by atoms with Crippen molar-refractivity contribution in [1.82, 2.24) is 4.90 Å². The molecule has 0 bridgehead atoms. The number of hydrogen-bond donors (Lipinski definition) is 2. The number of nitrogens with zero attached hydrogens (tertiary/aromatic N) is 1. The van der Waals surface area contributed by atoms with Gasteiger partial charge in [0.15, 0.2) is 0 Å². The summed E-state index contributed by atoms with van der Waals surface area (Å²) in [5.41, 5.74) is 4.01. The van der Waals surface area contributed by atoms with Crippen molar-refractivity contribution in [2.75, 3.05) is 18.4 Å². The van der Waals surface area contributed by atoms with E-state index < -0.39 is 0 Å². The number of benzene rings is 1. The fraction of sp³-hybridized carbons (Fsp3) is 0.600. The molecule has 1 atom stereocenters. The van der Waals surface area contributed by atoms with E-state index in [1.165, 1.54) is 16.8 Å². The zero-order chi connectivity index (χ0) is 16.7. The van der Waals surface area contributed by atoms with Gasteiger partial charge in [0.2, 0.25) is 0 Å². The van der Waals surface area contributed by atoms with E-state index in [9.17, 15) is 5.11 Å². The normalized spacial score (nSPS) is 17.7. The molecule has 1 fully saturated rings. The molecule has 0 amide bonds. The van der Waals surface area contributed by atoms with Crippen LogP contribution in [0, 0.1) is 0 Å². The summed E-state index contributed by atoms with van der Waals surface area (Å²) in [6.45, 7) is 9.52. The summed E-state index contributed by atoms with van der Waals surface area (Å²) in [5.74, 6) is 0. The van der Waals surface area contributed by atoms with Gasteiger partial charge in [-0.3, -0.25) is 4.90 Å². The van der Waals surface area contributed by atoms with E-state index in [2.05, 4.69) is 61.3 Å². The maximum atomic E-state index is 9.64. The Labute approximate surface area is 141 Å². The monoisotopic (exact) mass is 316 g/mol. The molecule has 0 radical (unpaired) electrons. The zero-order valence-electron chi connectivity index (χ0n) is 14.9. The Morgan fingerprint density at radius 1 is 1.30 bits per heavy atom. The van der Waals surface area contributed by atoms with Crippen LogP contribution in [0.5, 0.6) is 0 Å². The Morgan fingerprint density at radius 3 is 2.70 bits per heavy atom.